The Hall–Kier alpha value is -2.04. The molecule has 0 heterocycles. The molecule has 1 nitrogen and oxygen atoms in total. The van der Waals surface area contributed by atoms with Crippen molar-refractivity contribution in [2.24, 2.45) is 17.8 Å². The lowest BCUT2D eigenvalue weighted by Crippen LogP contribution is -2.48. The summed E-state index contributed by atoms with van der Waals surface area (Å²) in [5.74, 6) is 8.63. The minimum Gasteiger partial charge on any atom is -0.384 e. The predicted molar refractivity (Wildman–Crippen MR) is 110 cm³/mol. The molecule has 2 aromatic carbocycles. The van der Waals surface area contributed by atoms with E-state index in [9.17, 15) is 0 Å². The van der Waals surface area contributed by atoms with E-state index in [1.165, 1.54) is 55.2 Å². The molecule has 0 amide bonds. The van der Waals surface area contributed by atoms with Gasteiger partial charge < -0.3 is 5.11 Å². The molecule has 6 rings (SSSR count). The van der Waals surface area contributed by atoms with Crippen molar-refractivity contribution in [2.75, 3.05) is 6.61 Å². The van der Waals surface area contributed by atoms with Crippen LogP contribution in [0, 0.1) is 36.5 Å². The Morgan fingerprint density at radius 1 is 0.889 bits per heavy atom. The van der Waals surface area contributed by atoms with E-state index in [4.69, 9.17) is 5.11 Å². The smallest absolute Gasteiger partial charge is 0.104 e. The highest BCUT2D eigenvalue weighted by Crippen LogP contribution is 2.61. The van der Waals surface area contributed by atoms with Crippen molar-refractivity contribution in [3.63, 3.8) is 0 Å². The second-order valence-corrected chi connectivity index (χ2v) is 9.26. The minimum absolute atomic E-state index is 0.0891. The van der Waals surface area contributed by atoms with Crippen LogP contribution in [0.5, 0.6) is 0 Å². The van der Waals surface area contributed by atoms with Crippen LogP contribution in [0.4, 0.5) is 0 Å². The highest BCUT2D eigenvalue weighted by molar-refractivity contribution is 5.66. The van der Waals surface area contributed by atoms with E-state index in [1.54, 1.807) is 5.56 Å². The van der Waals surface area contributed by atoms with E-state index in [-0.39, 0.29) is 6.61 Å². The lowest BCUT2D eigenvalue weighted by atomic mass is 9.47. The van der Waals surface area contributed by atoms with Crippen LogP contribution < -0.4 is 0 Å². The van der Waals surface area contributed by atoms with Gasteiger partial charge in [0, 0.05) is 5.56 Å². The highest BCUT2D eigenvalue weighted by atomic mass is 16.2. The lowest BCUT2D eigenvalue weighted by molar-refractivity contribution is -0.00544. The summed E-state index contributed by atoms with van der Waals surface area (Å²) in [6.07, 6.45) is 8.73. The topological polar surface area (TPSA) is 20.2 Å². The molecule has 0 unspecified atom stereocenters. The predicted octanol–water partition coefficient (Wildman–Crippen LogP) is 5.47. The SMILES string of the molecule is Cc1ccc(-c2ccc(C#CCO)cc2)cc1C12CC3CC(CC(C3)C1)C2. The fraction of sp³-hybridized carbons (Fsp3) is 0.462. The summed E-state index contributed by atoms with van der Waals surface area (Å²) in [4.78, 5) is 0. The van der Waals surface area contributed by atoms with Crippen LogP contribution in [0.25, 0.3) is 11.1 Å². The number of aliphatic hydroxyl groups is 1. The first kappa shape index (κ1) is 17.1. The maximum atomic E-state index is 8.86. The maximum Gasteiger partial charge on any atom is 0.104 e. The van der Waals surface area contributed by atoms with Gasteiger partial charge in [-0.1, -0.05) is 42.2 Å². The Bertz CT molecular complexity index is 874. The number of rotatable bonds is 2. The van der Waals surface area contributed by atoms with E-state index in [0.717, 1.165) is 23.3 Å². The number of benzene rings is 2. The molecular weight excluding hydrogens is 328 g/mol. The first-order valence-corrected chi connectivity index (χ1v) is 10.5. The van der Waals surface area contributed by atoms with Crippen LogP contribution in [-0.2, 0) is 5.41 Å². The first-order valence-electron chi connectivity index (χ1n) is 10.5. The molecule has 4 saturated carbocycles. The van der Waals surface area contributed by atoms with Crippen molar-refractivity contribution in [1.82, 2.24) is 0 Å². The molecule has 4 aliphatic carbocycles. The zero-order valence-corrected chi connectivity index (χ0v) is 16.2. The van der Waals surface area contributed by atoms with Gasteiger partial charge >= 0.3 is 0 Å². The van der Waals surface area contributed by atoms with Crippen LogP contribution in [0.3, 0.4) is 0 Å². The Morgan fingerprint density at radius 3 is 2.07 bits per heavy atom. The summed E-state index contributed by atoms with van der Waals surface area (Å²) in [6, 6.07) is 15.5. The van der Waals surface area contributed by atoms with Gasteiger partial charge in [0.1, 0.15) is 6.61 Å². The van der Waals surface area contributed by atoms with Crippen molar-refractivity contribution < 1.29 is 5.11 Å². The quantitative estimate of drug-likeness (QED) is 0.707. The van der Waals surface area contributed by atoms with E-state index >= 15 is 0 Å². The molecule has 0 aliphatic heterocycles. The van der Waals surface area contributed by atoms with Gasteiger partial charge in [0.2, 0.25) is 0 Å². The molecule has 0 radical (unpaired) electrons. The number of aliphatic hydroxyl groups excluding tert-OH is 1. The van der Waals surface area contributed by atoms with Crippen molar-refractivity contribution in [3.05, 3.63) is 59.2 Å². The van der Waals surface area contributed by atoms with Gasteiger partial charge in [-0.25, -0.2) is 0 Å². The normalized spacial score (nSPS) is 30.8. The van der Waals surface area contributed by atoms with Gasteiger partial charge in [0.25, 0.3) is 0 Å². The first-order chi connectivity index (χ1) is 13.1. The number of hydrogen-bond donors (Lipinski definition) is 1. The molecule has 138 valence electrons. The zero-order chi connectivity index (χ0) is 18.4. The molecule has 0 aromatic heterocycles. The molecule has 1 heteroatoms. The molecule has 0 atom stereocenters. The number of hydrogen-bond acceptors (Lipinski definition) is 1. The summed E-state index contributed by atoms with van der Waals surface area (Å²) >= 11 is 0. The lowest BCUT2D eigenvalue weighted by Gasteiger charge is -2.57. The third-order valence-corrected chi connectivity index (χ3v) is 7.38. The van der Waals surface area contributed by atoms with E-state index in [0.29, 0.717) is 5.41 Å². The van der Waals surface area contributed by atoms with Gasteiger partial charge in [-0.05, 0) is 103 Å². The minimum atomic E-state index is -0.0891. The maximum absolute atomic E-state index is 8.86. The Labute approximate surface area is 162 Å². The van der Waals surface area contributed by atoms with E-state index in [1.807, 2.05) is 0 Å². The van der Waals surface area contributed by atoms with Gasteiger partial charge in [0.05, 0.1) is 0 Å². The van der Waals surface area contributed by atoms with Crippen molar-refractivity contribution in [2.45, 2.75) is 50.9 Å². The third kappa shape index (κ3) is 3.01. The highest BCUT2D eigenvalue weighted by Gasteiger charge is 2.51. The number of aryl methyl sites for hydroxylation is 1. The second-order valence-electron chi connectivity index (χ2n) is 9.26. The molecule has 1 N–H and O–H groups in total. The summed E-state index contributed by atoms with van der Waals surface area (Å²) < 4.78 is 0. The Kier molecular flexibility index (Phi) is 4.14. The fourth-order valence-corrected chi connectivity index (χ4v) is 6.70. The summed E-state index contributed by atoms with van der Waals surface area (Å²) in [7, 11) is 0. The largest absolute Gasteiger partial charge is 0.384 e. The van der Waals surface area contributed by atoms with Crippen LogP contribution in [0.15, 0.2) is 42.5 Å². The summed E-state index contributed by atoms with van der Waals surface area (Å²) in [5.41, 5.74) is 7.10. The van der Waals surface area contributed by atoms with Gasteiger partial charge in [-0.15, -0.1) is 0 Å². The van der Waals surface area contributed by atoms with Crippen molar-refractivity contribution in [3.8, 4) is 23.0 Å². The van der Waals surface area contributed by atoms with Crippen LogP contribution in [0.2, 0.25) is 0 Å². The average molecular weight is 357 g/mol. The standard InChI is InChI=1S/C26H28O/c1-18-4-7-24(23-8-5-19(6-9-23)3-2-10-27)14-25(18)26-15-20-11-21(16-26)13-22(12-20)17-26/h4-9,14,20-22,27H,10-13,15-17H2,1H3. The third-order valence-electron chi connectivity index (χ3n) is 7.38. The summed E-state index contributed by atoms with van der Waals surface area (Å²) in [6.45, 7) is 2.22. The average Bonchev–Trinajstić information content (AvgIpc) is 2.66. The molecular formula is C26H28O. The van der Waals surface area contributed by atoms with Crippen LogP contribution in [0.1, 0.15) is 55.2 Å². The molecule has 4 fully saturated rings. The zero-order valence-electron chi connectivity index (χ0n) is 16.2. The fourth-order valence-electron chi connectivity index (χ4n) is 6.70. The van der Waals surface area contributed by atoms with Crippen LogP contribution >= 0.6 is 0 Å². The van der Waals surface area contributed by atoms with Crippen LogP contribution in [-0.4, -0.2) is 11.7 Å². The Morgan fingerprint density at radius 2 is 1.48 bits per heavy atom. The molecule has 0 saturated heterocycles. The second kappa shape index (κ2) is 6.54. The van der Waals surface area contributed by atoms with Gasteiger partial charge in [-0.2, -0.15) is 0 Å². The summed E-state index contributed by atoms with van der Waals surface area (Å²) in [5, 5.41) is 8.86. The molecule has 0 spiro atoms. The van der Waals surface area contributed by atoms with Crippen molar-refractivity contribution in [1.29, 1.82) is 0 Å². The van der Waals surface area contributed by atoms with Gasteiger partial charge in [-0.3, -0.25) is 0 Å². The molecule has 2 aromatic rings. The Balaban J connectivity index is 1.50. The van der Waals surface area contributed by atoms with E-state index < -0.39 is 0 Å². The van der Waals surface area contributed by atoms with Gasteiger partial charge in [0.15, 0.2) is 0 Å². The monoisotopic (exact) mass is 356 g/mol. The molecule has 27 heavy (non-hydrogen) atoms. The molecule has 4 bridgehead atoms. The van der Waals surface area contributed by atoms with E-state index in [2.05, 4.69) is 61.2 Å². The molecule has 4 aliphatic rings. The van der Waals surface area contributed by atoms with Crippen molar-refractivity contribution >= 4 is 0 Å².